The number of rotatable bonds is 3. The molecular weight excluding hydrogens is 261 g/mol. The van der Waals surface area contributed by atoms with Gasteiger partial charge in [-0.3, -0.25) is 4.79 Å². The summed E-state index contributed by atoms with van der Waals surface area (Å²) in [4.78, 5) is 23.0. The van der Waals surface area contributed by atoms with Crippen LogP contribution in [0.3, 0.4) is 0 Å². The lowest BCUT2D eigenvalue weighted by Crippen LogP contribution is -2.35. The molecule has 3 nitrogen and oxygen atoms in total. The average molecular weight is 274 g/mol. The largest absolute Gasteiger partial charge is 0.463 e. The van der Waals surface area contributed by atoms with E-state index in [1.54, 1.807) is 0 Å². The number of ketones is 1. The Morgan fingerprint density at radius 2 is 1.42 bits per heavy atom. The Hall–Kier alpha value is -1.85. The highest BCUT2D eigenvalue weighted by Gasteiger charge is 2.36. The van der Waals surface area contributed by atoms with E-state index in [1.165, 1.54) is 26.0 Å². The van der Waals surface area contributed by atoms with E-state index >= 15 is 0 Å². The topological polar surface area (TPSA) is 43.4 Å². The first-order valence-electron chi connectivity index (χ1n) is 5.41. The monoisotopic (exact) mass is 274 g/mol. The van der Waals surface area contributed by atoms with Crippen molar-refractivity contribution in [3.05, 3.63) is 35.4 Å². The van der Waals surface area contributed by atoms with Gasteiger partial charge in [0.15, 0.2) is 0 Å². The highest BCUT2D eigenvalue weighted by Crippen LogP contribution is 2.32. The molecule has 0 aliphatic rings. The van der Waals surface area contributed by atoms with Crippen molar-refractivity contribution in [2.45, 2.75) is 25.4 Å². The zero-order chi connectivity index (χ0) is 14.8. The molecule has 19 heavy (non-hydrogen) atoms. The highest BCUT2D eigenvalue weighted by molar-refractivity contribution is 6.37. The normalized spacial score (nSPS) is 12.1. The molecule has 6 heteroatoms. The van der Waals surface area contributed by atoms with Gasteiger partial charge in [-0.2, -0.15) is 13.2 Å². The number of methoxy groups -OCH3 is 1. The molecule has 0 saturated carbocycles. The Labute approximate surface area is 108 Å². The van der Waals surface area contributed by atoms with Gasteiger partial charge in [-0.15, -0.1) is 0 Å². The molecule has 104 valence electrons. The Morgan fingerprint density at radius 3 is 1.79 bits per heavy atom. The van der Waals surface area contributed by atoms with Crippen LogP contribution in [0.5, 0.6) is 0 Å². The van der Waals surface area contributed by atoms with Crippen LogP contribution in [0.1, 0.15) is 25.0 Å². The molecule has 0 aliphatic heterocycles. The molecule has 0 radical (unpaired) electrons. The minimum atomic E-state index is -4.44. The summed E-state index contributed by atoms with van der Waals surface area (Å²) in [6.07, 6.45) is -4.44. The van der Waals surface area contributed by atoms with Gasteiger partial charge in [-0.25, -0.2) is 4.79 Å². The number of hydrogen-bond acceptors (Lipinski definition) is 3. The summed E-state index contributed by atoms with van der Waals surface area (Å²) in [5.41, 5.74) is -1.73. The smallest absolute Gasteiger partial charge is 0.416 e. The summed E-state index contributed by atoms with van der Waals surface area (Å²) in [6, 6.07) is 4.12. The van der Waals surface area contributed by atoms with E-state index in [0.29, 0.717) is 5.56 Å². The summed E-state index contributed by atoms with van der Waals surface area (Å²) in [5, 5.41) is 0. The summed E-state index contributed by atoms with van der Waals surface area (Å²) >= 11 is 0. The minimum Gasteiger partial charge on any atom is -0.463 e. The fourth-order valence-electron chi connectivity index (χ4n) is 1.55. The maximum Gasteiger partial charge on any atom is 0.416 e. The first kappa shape index (κ1) is 15.2. The SMILES string of the molecule is COC(=O)C(=O)C(C)(C)c1ccc(C(F)(F)F)cc1. The third-order valence-electron chi connectivity index (χ3n) is 2.87. The first-order valence-corrected chi connectivity index (χ1v) is 5.41. The van der Waals surface area contributed by atoms with Gasteiger partial charge >= 0.3 is 12.1 Å². The lowest BCUT2D eigenvalue weighted by molar-refractivity contribution is -0.153. The van der Waals surface area contributed by atoms with Gasteiger partial charge in [-0.05, 0) is 31.5 Å². The van der Waals surface area contributed by atoms with Gasteiger partial charge in [0, 0.05) is 0 Å². The van der Waals surface area contributed by atoms with E-state index in [0.717, 1.165) is 19.2 Å². The summed E-state index contributed by atoms with van der Waals surface area (Å²) in [7, 11) is 1.07. The fraction of sp³-hybridized carbons (Fsp3) is 0.385. The molecule has 0 bridgehead atoms. The predicted molar refractivity (Wildman–Crippen MR) is 61.5 cm³/mol. The lowest BCUT2D eigenvalue weighted by atomic mass is 9.80. The molecule has 0 atom stereocenters. The summed E-state index contributed by atoms with van der Waals surface area (Å²) in [6.45, 7) is 2.91. The van der Waals surface area contributed by atoms with Crippen molar-refractivity contribution in [1.82, 2.24) is 0 Å². The number of benzene rings is 1. The third-order valence-corrected chi connectivity index (χ3v) is 2.87. The molecule has 0 spiro atoms. The van der Waals surface area contributed by atoms with Gasteiger partial charge in [0.05, 0.1) is 18.1 Å². The standard InChI is InChI=1S/C13H13F3O3/c1-12(2,10(17)11(18)19-3)8-4-6-9(7-5-8)13(14,15)16/h4-7H,1-3H3. The average Bonchev–Trinajstić information content (AvgIpc) is 2.36. The Balaban J connectivity index is 3.10. The van der Waals surface area contributed by atoms with Crippen LogP contribution in [0.4, 0.5) is 13.2 Å². The molecule has 0 heterocycles. The summed E-state index contributed by atoms with van der Waals surface area (Å²) in [5.74, 6) is -1.83. The molecule has 1 aromatic rings. The predicted octanol–water partition coefficient (Wildman–Crippen LogP) is 2.73. The van der Waals surface area contributed by atoms with Gasteiger partial charge in [-0.1, -0.05) is 12.1 Å². The second-order valence-corrected chi connectivity index (χ2v) is 4.52. The van der Waals surface area contributed by atoms with E-state index in [9.17, 15) is 22.8 Å². The zero-order valence-corrected chi connectivity index (χ0v) is 10.7. The zero-order valence-electron chi connectivity index (χ0n) is 10.7. The Bertz CT molecular complexity index is 487. The van der Waals surface area contributed by atoms with Crippen LogP contribution in [-0.4, -0.2) is 18.9 Å². The lowest BCUT2D eigenvalue weighted by Gasteiger charge is -2.22. The number of Topliss-reactive ketones (excluding diaryl/α,β-unsaturated/α-hetero) is 1. The molecule has 0 N–H and O–H groups in total. The maximum atomic E-state index is 12.4. The molecule has 0 aliphatic carbocycles. The van der Waals surface area contributed by atoms with E-state index in [1.807, 2.05) is 0 Å². The number of ether oxygens (including phenoxy) is 1. The van der Waals surface area contributed by atoms with E-state index in [-0.39, 0.29) is 0 Å². The minimum absolute atomic E-state index is 0.316. The Morgan fingerprint density at radius 1 is 1.00 bits per heavy atom. The molecule has 0 aromatic heterocycles. The molecule has 1 aromatic carbocycles. The van der Waals surface area contributed by atoms with Gasteiger partial charge in [0.25, 0.3) is 0 Å². The van der Waals surface area contributed by atoms with Crippen molar-refractivity contribution in [2.24, 2.45) is 0 Å². The Kier molecular flexibility index (Phi) is 4.03. The quantitative estimate of drug-likeness (QED) is 0.628. The van der Waals surface area contributed by atoms with Crippen molar-refractivity contribution < 1.29 is 27.5 Å². The van der Waals surface area contributed by atoms with Crippen LogP contribution >= 0.6 is 0 Å². The fourth-order valence-corrected chi connectivity index (χ4v) is 1.55. The van der Waals surface area contributed by atoms with Gasteiger partial charge in [0.1, 0.15) is 0 Å². The van der Waals surface area contributed by atoms with Crippen molar-refractivity contribution in [2.75, 3.05) is 7.11 Å². The van der Waals surface area contributed by atoms with Crippen LogP contribution in [0.2, 0.25) is 0 Å². The van der Waals surface area contributed by atoms with Crippen molar-refractivity contribution in [3.8, 4) is 0 Å². The molecule has 0 fully saturated rings. The van der Waals surface area contributed by atoms with E-state index in [2.05, 4.69) is 4.74 Å². The summed E-state index contributed by atoms with van der Waals surface area (Å²) < 4.78 is 41.6. The van der Waals surface area contributed by atoms with Crippen molar-refractivity contribution in [3.63, 3.8) is 0 Å². The third kappa shape index (κ3) is 3.13. The van der Waals surface area contributed by atoms with Crippen LogP contribution in [0.15, 0.2) is 24.3 Å². The first-order chi connectivity index (χ1) is 8.60. The molecule has 0 amide bonds. The van der Waals surface area contributed by atoms with Crippen LogP contribution in [-0.2, 0) is 25.9 Å². The number of halogens is 3. The van der Waals surface area contributed by atoms with Crippen LogP contribution < -0.4 is 0 Å². The van der Waals surface area contributed by atoms with Crippen molar-refractivity contribution >= 4 is 11.8 Å². The van der Waals surface area contributed by atoms with Gasteiger partial charge < -0.3 is 4.74 Å². The van der Waals surface area contributed by atoms with Crippen LogP contribution in [0.25, 0.3) is 0 Å². The van der Waals surface area contributed by atoms with Crippen LogP contribution in [0, 0.1) is 0 Å². The number of carbonyl (C=O) groups is 2. The van der Waals surface area contributed by atoms with E-state index in [4.69, 9.17) is 0 Å². The number of hydrogen-bond donors (Lipinski definition) is 0. The second-order valence-electron chi connectivity index (χ2n) is 4.52. The van der Waals surface area contributed by atoms with Crippen molar-refractivity contribution in [1.29, 1.82) is 0 Å². The highest BCUT2D eigenvalue weighted by atomic mass is 19.4. The molecule has 0 unspecified atom stereocenters. The second kappa shape index (κ2) is 5.03. The van der Waals surface area contributed by atoms with E-state index < -0.39 is 28.9 Å². The number of esters is 1. The molecule has 0 saturated heterocycles. The van der Waals surface area contributed by atoms with Gasteiger partial charge in [0.2, 0.25) is 5.78 Å². The molecular formula is C13H13F3O3. The maximum absolute atomic E-state index is 12.4. The number of alkyl halides is 3. The number of carbonyl (C=O) groups excluding carboxylic acids is 2. The molecule has 1 rings (SSSR count).